The molecule has 6 heteroatoms. The largest absolute Gasteiger partial charge is 0.369 e. The van der Waals surface area contributed by atoms with Gasteiger partial charge < -0.3 is 4.90 Å². The third-order valence-electron chi connectivity index (χ3n) is 4.12. The molecule has 2 heterocycles. The average molecular weight is 372 g/mol. The third kappa shape index (κ3) is 4.01. The van der Waals surface area contributed by atoms with Crippen molar-refractivity contribution in [2.75, 3.05) is 6.54 Å². The number of carbonyl (C=O) groups is 1. The van der Waals surface area contributed by atoms with Crippen molar-refractivity contribution in [3.8, 4) is 6.07 Å². The minimum Gasteiger partial charge on any atom is -0.369 e. The standard InChI is InChI=1S/C19H15Cl2N3O/c20-15-6-4-14(5-7-15)19(25)16(10-22)17-2-1-9-24(17)12-13-3-8-18(21)23-11-13/h3-8,11H,1-2,9,12H2/b17-16-. The molecule has 4 nitrogen and oxygen atoms in total. The fourth-order valence-corrected chi connectivity index (χ4v) is 3.14. The molecule has 0 N–H and O–H groups in total. The van der Waals surface area contributed by atoms with Gasteiger partial charge in [-0.2, -0.15) is 5.26 Å². The Morgan fingerprint density at radius 1 is 1.20 bits per heavy atom. The smallest absolute Gasteiger partial charge is 0.205 e. The summed E-state index contributed by atoms with van der Waals surface area (Å²) in [7, 11) is 0. The summed E-state index contributed by atoms with van der Waals surface area (Å²) >= 11 is 11.7. The van der Waals surface area contributed by atoms with E-state index >= 15 is 0 Å². The first-order chi connectivity index (χ1) is 12.1. The lowest BCUT2D eigenvalue weighted by Crippen LogP contribution is -2.20. The number of Topliss-reactive ketones (excluding diaryl/α,β-unsaturated/α-hetero) is 1. The van der Waals surface area contributed by atoms with Gasteiger partial charge in [0.2, 0.25) is 5.78 Å². The topological polar surface area (TPSA) is 57.0 Å². The Morgan fingerprint density at radius 3 is 2.60 bits per heavy atom. The monoisotopic (exact) mass is 371 g/mol. The zero-order valence-corrected chi connectivity index (χ0v) is 14.9. The van der Waals surface area contributed by atoms with Crippen molar-refractivity contribution in [3.05, 3.63) is 75.2 Å². The molecule has 0 radical (unpaired) electrons. The molecule has 0 aliphatic carbocycles. The number of rotatable bonds is 4. The fraction of sp³-hybridized carbons (Fsp3) is 0.211. The van der Waals surface area contributed by atoms with Crippen LogP contribution in [-0.2, 0) is 6.54 Å². The highest BCUT2D eigenvalue weighted by Crippen LogP contribution is 2.28. The molecule has 3 rings (SSSR count). The van der Waals surface area contributed by atoms with Crippen LogP contribution in [-0.4, -0.2) is 22.2 Å². The Morgan fingerprint density at radius 2 is 1.96 bits per heavy atom. The van der Waals surface area contributed by atoms with Crippen LogP contribution >= 0.6 is 23.2 Å². The van der Waals surface area contributed by atoms with Crippen LogP contribution in [0, 0.1) is 11.3 Å². The molecule has 25 heavy (non-hydrogen) atoms. The number of benzene rings is 1. The zero-order valence-electron chi connectivity index (χ0n) is 13.4. The lowest BCUT2D eigenvalue weighted by atomic mass is 10.0. The predicted molar refractivity (Wildman–Crippen MR) is 97.3 cm³/mol. The number of carbonyl (C=O) groups excluding carboxylic acids is 1. The molecule has 0 atom stereocenters. The molecule has 1 fully saturated rings. The molecule has 1 aromatic carbocycles. The Bertz CT molecular complexity index is 852. The first-order valence-electron chi connectivity index (χ1n) is 7.87. The molecule has 0 bridgehead atoms. The second-order valence-electron chi connectivity index (χ2n) is 5.78. The quantitative estimate of drug-likeness (QED) is 0.339. The second kappa shape index (κ2) is 7.69. The maximum absolute atomic E-state index is 12.7. The molecule has 2 aromatic rings. The van der Waals surface area contributed by atoms with Crippen molar-refractivity contribution < 1.29 is 4.79 Å². The van der Waals surface area contributed by atoms with Crippen molar-refractivity contribution >= 4 is 29.0 Å². The van der Waals surface area contributed by atoms with Crippen molar-refractivity contribution in [2.24, 2.45) is 0 Å². The maximum atomic E-state index is 12.7. The number of nitriles is 1. The molecule has 0 unspecified atom stereocenters. The van der Waals surface area contributed by atoms with Crippen molar-refractivity contribution in [1.82, 2.24) is 9.88 Å². The number of allylic oxidation sites excluding steroid dienone is 2. The Labute approximate surface area is 156 Å². The van der Waals surface area contributed by atoms with E-state index in [2.05, 4.69) is 16.0 Å². The van der Waals surface area contributed by atoms with E-state index in [0.29, 0.717) is 28.7 Å². The number of pyridine rings is 1. The van der Waals surface area contributed by atoms with Crippen molar-refractivity contribution in [2.45, 2.75) is 19.4 Å². The minimum atomic E-state index is -0.268. The van der Waals surface area contributed by atoms with Crippen LogP contribution in [0.25, 0.3) is 0 Å². The van der Waals surface area contributed by atoms with Gasteiger partial charge in [-0.05, 0) is 48.7 Å². The lowest BCUT2D eigenvalue weighted by Gasteiger charge is -2.21. The van der Waals surface area contributed by atoms with Crippen molar-refractivity contribution in [3.63, 3.8) is 0 Å². The number of nitrogens with zero attached hydrogens (tertiary/aromatic N) is 3. The molecule has 0 spiro atoms. The highest BCUT2D eigenvalue weighted by atomic mass is 35.5. The summed E-state index contributed by atoms with van der Waals surface area (Å²) in [6, 6.07) is 12.3. The van der Waals surface area contributed by atoms with Gasteiger partial charge in [0.1, 0.15) is 16.8 Å². The zero-order chi connectivity index (χ0) is 17.8. The van der Waals surface area contributed by atoms with Crippen LogP contribution in [0.1, 0.15) is 28.8 Å². The van der Waals surface area contributed by atoms with E-state index in [-0.39, 0.29) is 11.4 Å². The second-order valence-corrected chi connectivity index (χ2v) is 6.61. The number of ketones is 1. The summed E-state index contributed by atoms with van der Waals surface area (Å²) < 4.78 is 0. The van der Waals surface area contributed by atoms with E-state index in [9.17, 15) is 10.1 Å². The van der Waals surface area contributed by atoms with Gasteiger partial charge >= 0.3 is 0 Å². The average Bonchev–Trinajstić information content (AvgIpc) is 3.06. The Balaban J connectivity index is 1.88. The highest BCUT2D eigenvalue weighted by Gasteiger charge is 2.25. The van der Waals surface area contributed by atoms with Crippen LogP contribution in [0.5, 0.6) is 0 Å². The number of halogens is 2. The van der Waals surface area contributed by atoms with Gasteiger partial charge in [-0.3, -0.25) is 4.79 Å². The van der Waals surface area contributed by atoms with E-state index in [1.54, 1.807) is 36.5 Å². The molecule has 1 aliphatic rings. The molecule has 1 aromatic heterocycles. The summed E-state index contributed by atoms with van der Waals surface area (Å²) in [6.45, 7) is 1.40. The fourth-order valence-electron chi connectivity index (χ4n) is 2.90. The van der Waals surface area contributed by atoms with Crippen LogP contribution < -0.4 is 0 Å². The minimum absolute atomic E-state index is 0.196. The summed E-state index contributed by atoms with van der Waals surface area (Å²) in [5, 5.41) is 10.6. The van der Waals surface area contributed by atoms with Gasteiger partial charge in [0.15, 0.2) is 0 Å². The maximum Gasteiger partial charge on any atom is 0.205 e. The summed E-state index contributed by atoms with van der Waals surface area (Å²) in [6.07, 6.45) is 3.34. The van der Waals surface area contributed by atoms with Crippen molar-refractivity contribution in [1.29, 1.82) is 5.26 Å². The van der Waals surface area contributed by atoms with Gasteiger partial charge in [-0.25, -0.2) is 4.98 Å². The van der Waals surface area contributed by atoms with Gasteiger partial charge in [-0.1, -0.05) is 29.3 Å². The lowest BCUT2D eigenvalue weighted by molar-refractivity contribution is 0.103. The highest BCUT2D eigenvalue weighted by molar-refractivity contribution is 6.30. The summed E-state index contributed by atoms with van der Waals surface area (Å²) in [5.41, 5.74) is 2.44. The van der Waals surface area contributed by atoms with Gasteiger partial charge in [0.05, 0.1) is 0 Å². The molecular weight excluding hydrogens is 357 g/mol. The van der Waals surface area contributed by atoms with Gasteiger partial charge in [0.25, 0.3) is 0 Å². The van der Waals surface area contributed by atoms with E-state index in [4.69, 9.17) is 23.2 Å². The number of likely N-dealkylation sites (tertiary alicyclic amines) is 1. The van der Waals surface area contributed by atoms with Gasteiger partial charge in [0, 0.05) is 35.6 Å². The molecule has 0 amide bonds. The molecule has 0 saturated carbocycles. The van der Waals surface area contributed by atoms with Crippen LogP contribution in [0.3, 0.4) is 0 Å². The van der Waals surface area contributed by atoms with Crippen LogP contribution in [0.15, 0.2) is 53.9 Å². The summed E-state index contributed by atoms with van der Waals surface area (Å²) in [5.74, 6) is -0.268. The first kappa shape index (κ1) is 17.5. The number of hydrogen-bond donors (Lipinski definition) is 0. The van der Waals surface area contributed by atoms with Gasteiger partial charge in [-0.15, -0.1) is 0 Å². The predicted octanol–water partition coefficient (Wildman–Crippen LogP) is 4.64. The molecule has 1 saturated heterocycles. The third-order valence-corrected chi connectivity index (χ3v) is 4.59. The molecule has 1 aliphatic heterocycles. The molecular formula is C19H15Cl2N3O. The van der Waals surface area contributed by atoms with E-state index < -0.39 is 0 Å². The van der Waals surface area contributed by atoms with E-state index in [1.807, 2.05) is 6.07 Å². The van der Waals surface area contributed by atoms with E-state index in [1.165, 1.54) is 0 Å². The van der Waals surface area contributed by atoms with Crippen LogP contribution in [0.4, 0.5) is 0 Å². The first-order valence-corrected chi connectivity index (χ1v) is 8.63. The number of hydrogen-bond acceptors (Lipinski definition) is 4. The van der Waals surface area contributed by atoms with E-state index in [0.717, 1.165) is 24.2 Å². The van der Waals surface area contributed by atoms with Crippen LogP contribution in [0.2, 0.25) is 10.2 Å². The Kier molecular flexibility index (Phi) is 5.37. The Hall–Kier alpha value is -2.35. The number of aromatic nitrogens is 1. The normalized spacial score (nSPS) is 15.8. The molecule has 126 valence electrons. The SMILES string of the molecule is N#C/C(C(=O)c1ccc(Cl)cc1)=C1\CCCN1Cc1ccc(Cl)nc1. The summed E-state index contributed by atoms with van der Waals surface area (Å²) in [4.78, 5) is 18.9.